The Kier molecular flexibility index (Phi) is 7.75. The first kappa shape index (κ1) is 23.8. The lowest BCUT2D eigenvalue weighted by Crippen LogP contribution is -2.49. The Bertz CT molecular complexity index is 1000. The fourth-order valence-corrected chi connectivity index (χ4v) is 5.93. The van der Waals surface area contributed by atoms with E-state index in [0.717, 1.165) is 55.9 Å². The highest BCUT2D eigenvalue weighted by molar-refractivity contribution is 7.17. The number of amides is 2. The van der Waals surface area contributed by atoms with Gasteiger partial charge in [-0.25, -0.2) is 4.39 Å². The monoisotopic (exact) mass is 474 g/mol. The average molecular weight is 475 g/mol. The van der Waals surface area contributed by atoms with Crippen molar-refractivity contribution < 1.29 is 19.1 Å². The van der Waals surface area contributed by atoms with Crippen LogP contribution in [-0.4, -0.2) is 72.6 Å². The van der Waals surface area contributed by atoms with Crippen LogP contribution in [0.15, 0.2) is 24.3 Å². The Morgan fingerprint density at radius 2 is 1.88 bits per heavy atom. The van der Waals surface area contributed by atoms with E-state index in [1.165, 1.54) is 23.5 Å². The van der Waals surface area contributed by atoms with E-state index < -0.39 is 5.82 Å². The van der Waals surface area contributed by atoms with Crippen molar-refractivity contribution in [3.05, 3.63) is 46.1 Å². The molecule has 2 aliphatic rings. The van der Waals surface area contributed by atoms with E-state index in [1.807, 2.05) is 0 Å². The van der Waals surface area contributed by atoms with Gasteiger partial charge in [-0.1, -0.05) is 19.1 Å². The van der Waals surface area contributed by atoms with Crippen LogP contribution in [0.4, 0.5) is 15.1 Å². The SMILES string of the molecule is C[C@H]1CCc2c(sc(NC(=O)CN3CCN(CCO)CC3)c2C(=O)Nc2ccccc2F)C1. The van der Waals surface area contributed by atoms with E-state index in [0.29, 0.717) is 23.0 Å². The number of fused-ring (bicyclic) bond motifs is 1. The molecule has 0 radical (unpaired) electrons. The smallest absolute Gasteiger partial charge is 0.259 e. The highest BCUT2D eigenvalue weighted by Crippen LogP contribution is 2.40. The number of benzene rings is 1. The highest BCUT2D eigenvalue weighted by Gasteiger charge is 2.29. The number of hydrogen-bond donors (Lipinski definition) is 3. The topological polar surface area (TPSA) is 84.9 Å². The number of carbonyl (C=O) groups excluding carboxylic acids is 2. The van der Waals surface area contributed by atoms with E-state index in [1.54, 1.807) is 12.1 Å². The van der Waals surface area contributed by atoms with Gasteiger partial charge in [-0.15, -0.1) is 11.3 Å². The summed E-state index contributed by atoms with van der Waals surface area (Å²) in [6.45, 7) is 6.37. The van der Waals surface area contributed by atoms with Crippen LogP contribution in [0.3, 0.4) is 0 Å². The predicted octanol–water partition coefficient (Wildman–Crippen LogP) is 2.81. The third kappa shape index (κ3) is 5.78. The van der Waals surface area contributed by atoms with Crippen LogP contribution in [-0.2, 0) is 17.6 Å². The lowest BCUT2D eigenvalue weighted by Gasteiger charge is -2.33. The fraction of sp³-hybridized carbons (Fsp3) is 0.500. The molecular formula is C24H31FN4O3S. The number of β-amino-alcohol motifs (C(OH)–C–C–N with tert-alkyl or cyclic N) is 1. The zero-order valence-electron chi connectivity index (χ0n) is 18.9. The van der Waals surface area contributed by atoms with Crippen LogP contribution in [0.25, 0.3) is 0 Å². The molecule has 1 aromatic heterocycles. The number of hydrogen-bond acceptors (Lipinski definition) is 6. The average Bonchev–Trinajstić information content (AvgIpc) is 3.13. The van der Waals surface area contributed by atoms with Crippen molar-refractivity contribution in [1.29, 1.82) is 0 Å². The van der Waals surface area contributed by atoms with Crippen LogP contribution in [0.2, 0.25) is 0 Å². The predicted molar refractivity (Wildman–Crippen MR) is 128 cm³/mol. The van der Waals surface area contributed by atoms with Crippen molar-refractivity contribution >= 4 is 33.8 Å². The molecule has 1 aliphatic heterocycles. The summed E-state index contributed by atoms with van der Waals surface area (Å²) in [6.07, 6.45) is 2.63. The summed E-state index contributed by atoms with van der Waals surface area (Å²) in [5, 5.41) is 15.3. The first-order valence-electron chi connectivity index (χ1n) is 11.5. The van der Waals surface area contributed by atoms with Gasteiger partial charge in [0.25, 0.3) is 5.91 Å². The largest absolute Gasteiger partial charge is 0.395 e. The molecule has 2 amide bonds. The molecule has 0 saturated carbocycles. The molecule has 0 unspecified atom stereocenters. The van der Waals surface area contributed by atoms with Crippen molar-refractivity contribution in [2.45, 2.75) is 26.2 Å². The maximum Gasteiger partial charge on any atom is 0.259 e. The number of anilines is 2. The van der Waals surface area contributed by atoms with Gasteiger partial charge in [0.1, 0.15) is 10.8 Å². The number of nitrogens with one attached hydrogen (secondary N) is 2. The number of halogens is 1. The van der Waals surface area contributed by atoms with Gasteiger partial charge >= 0.3 is 0 Å². The summed E-state index contributed by atoms with van der Waals surface area (Å²) in [5.41, 5.74) is 1.57. The molecule has 0 spiro atoms. The normalized spacial score (nSPS) is 19.2. The maximum atomic E-state index is 14.1. The van der Waals surface area contributed by atoms with Gasteiger partial charge in [-0.05, 0) is 42.9 Å². The second-order valence-corrected chi connectivity index (χ2v) is 9.98. The van der Waals surface area contributed by atoms with Crippen LogP contribution in [0.1, 0.15) is 34.1 Å². The van der Waals surface area contributed by atoms with E-state index >= 15 is 0 Å². The van der Waals surface area contributed by atoms with Crippen LogP contribution >= 0.6 is 11.3 Å². The Labute approximate surface area is 197 Å². The molecule has 178 valence electrons. The minimum absolute atomic E-state index is 0.129. The molecule has 33 heavy (non-hydrogen) atoms. The van der Waals surface area contributed by atoms with Gasteiger partial charge in [0.2, 0.25) is 5.91 Å². The lowest BCUT2D eigenvalue weighted by atomic mass is 9.88. The number of thiophene rings is 1. The second-order valence-electron chi connectivity index (χ2n) is 8.88. The van der Waals surface area contributed by atoms with Gasteiger partial charge in [-0.3, -0.25) is 19.4 Å². The van der Waals surface area contributed by atoms with Crippen molar-refractivity contribution in [3.8, 4) is 0 Å². The molecule has 3 N–H and O–H groups in total. The zero-order chi connectivity index (χ0) is 23.4. The molecule has 1 aromatic carbocycles. The molecule has 1 saturated heterocycles. The standard InChI is InChI=1S/C24H31FN4O3S/c1-16-6-7-17-20(14-16)33-24(22(17)23(32)26-19-5-3-2-4-18(19)25)27-21(31)15-29-10-8-28(9-11-29)12-13-30/h2-5,16,30H,6-15H2,1H3,(H,26,32)(H,27,31)/t16-/m0/s1. The zero-order valence-corrected chi connectivity index (χ0v) is 19.7. The molecule has 1 aliphatic carbocycles. The molecule has 0 bridgehead atoms. The summed E-state index contributed by atoms with van der Waals surface area (Å²) in [5.74, 6) is -0.510. The quantitative estimate of drug-likeness (QED) is 0.575. The Balaban J connectivity index is 1.48. The van der Waals surface area contributed by atoms with Gasteiger partial charge in [0, 0.05) is 37.6 Å². The van der Waals surface area contributed by atoms with Crippen molar-refractivity contribution in [2.24, 2.45) is 5.92 Å². The molecule has 9 heteroatoms. The molecule has 1 atom stereocenters. The summed E-state index contributed by atoms with van der Waals surface area (Å²) >= 11 is 1.47. The van der Waals surface area contributed by atoms with Crippen LogP contribution in [0.5, 0.6) is 0 Å². The second kappa shape index (κ2) is 10.7. The van der Waals surface area contributed by atoms with Gasteiger partial charge in [0.05, 0.1) is 24.4 Å². The molecule has 1 fully saturated rings. The molecule has 4 rings (SSSR count). The number of aliphatic hydroxyl groups is 1. The summed E-state index contributed by atoms with van der Waals surface area (Å²) in [7, 11) is 0. The lowest BCUT2D eigenvalue weighted by molar-refractivity contribution is -0.117. The molecule has 2 heterocycles. The summed E-state index contributed by atoms with van der Waals surface area (Å²) in [6, 6.07) is 6.09. The number of piperazine rings is 1. The van der Waals surface area contributed by atoms with Gasteiger partial charge < -0.3 is 15.7 Å². The van der Waals surface area contributed by atoms with Crippen LogP contribution < -0.4 is 10.6 Å². The third-order valence-electron chi connectivity index (χ3n) is 6.36. The third-order valence-corrected chi connectivity index (χ3v) is 7.53. The van der Waals surface area contributed by atoms with Crippen molar-refractivity contribution in [3.63, 3.8) is 0 Å². The minimum Gasteiger partial charge on any atom is -0.395 e. The first-order chi connectivity index (χ1) is 15.9. The molecule has 7 nitrogen and oxygen atoms in total. The van der Waals surface area contributed by atoms with Crippen molar-refractivity contribution in [1.82, 2.24) is 9.80 Å². The van der Waals surface area contributed by atoms with Gasteiger partial charge in [0.15, 0.2) is 0 Å². The minimum atomic E-state index is -0.491. The van der Waals surface area contributed by atoms with Crippen molar-refractivity contribution in [2.75, 3.05) is 56.5 Å². The number of para-hydroxylation sites is 1. The fourth-order valence-electron chi connectivity index (χ4n) is 4.51. The number of nitrogens with zero attached hydrogens (tertiary/aromatic N) is 2. The van der Waals surface area contributed by atoms with E-state index in [2.05, 4.69) is 27.4 Å². The number of rotatable bonds is 7. The summed E-state index contributed by atoms with van der Waals surface area (Å²) < 4.78 is 14.1. The van der Waals surface area contributed by atoms with E-state index in [4.69, 9.17) is 5.11 Å². The Hall–Kier alpha value is -2.33. The van der Waals surface area contributed by atoms with Crippen LogP contribution in [0, 0.1) is 11.7 Å². The number of carbonyl (C=O) groups is 2. The Morgan fingerprint density at radius 1 is 1.15 bits per heavy atom. The Morgan fingerprint density at radius 3 is 2.61 bits per heavy atom. The first-order valence-corrected chi connectivity index (χ1v) is 12.3. The van der Waals surface area contributed by atoms with E-state index in [9.17, 15) is 14.0 Å². The van der Waals surface area contributed by atoms with Gasteiger partial charge in [-0.2, -0.15) is 0 Å². The number of aliphatic hydroxyl groups excluding tert-OH is 1. The summed E-state index contributed by atoms with van der Waals surface area (Å²) in [4.78, 5) is 31.5. The molecular weight excluding hydrogens is 443 g/mol. The maximum absolute atomic E-state index is 14.1. The highest BCUT2D eigenvalue weighted by atomic mass is 32.1. The van der Waals surface area contributed by atoms with E-state index in [-0.39, 0.29) is 30.7 Å². The molecule has 2 aromatic rings.